The van der Waals surface area contributed by atoms with Crippen LogP contribution in [0.25, 0.3) is 0 Å². The predicted molar refractivity (Wildman–Crippen MR) is 75.6 cm³/mol. The summed E-state index contributed by atoms with van der Waals surface area (Å²) < 4.78 is 4.95. The third-order valence-electron chi connectivity index (χ3n) is 2.68. The molecule has 2 aromatic heterocycles. The molecule has 0 bridgehead atoms. The zero-order valence-corrected chi connectivity index (χ0v) is 11.3. The minimum Gasteiger partial charge on any atom is -0.481 e. The molecular weight excluding hydrogens is 256 g/mol. The van der Waals surface area contributed by atoms with Crippen LogP contribution in [0.15, 0.2) is 42.7 Å². The maximum Gasteiger partial charge on any atom is 0.319 e. The number of methoxy groups -OCH3 is 1. The Morgan fingerprint density at radius 1 is 1.25 bits per heavy atom. The van der Waals surface area contributed by atoms with Gasteiger partial charge in [-0.3, -0.25) is 4.98 Å². The topological polar surface area (TPSA) is 76.1 Å². The van der Waals surface area contributed by atoms with Gasteiger partial charge >= 0.3 is 6.03 Å². The monoisotopic (exact) mass is 272 g/mol. The molecule has 0 aliphatic carbocycles. The van der Waals surface area contributed by atoms with Gasteiger partial charge in [0.05, 0.1) is 30.7 Å². The van der Waals surface area contributed by atoms with Crippen LogP contribution in [0.1, 0.15) is 18.7 Å². The van der Waals surface area contributed by atoms with Gasteiger partial charge in [0.25, 0.3) is 0 Å². The summed E-state index contributed by atoms with van der Waals surface area (Å²) in [5.74, 6) is 0.498. The number of nitrogens with one attached hydrogen (secondary N) is 2. The highest BCUT2D eigenvalue weighted by atomic mass is 16.5. The molecule has 6 heteroatoms. The number of hydrogen-bond acceptors (Lipinski definition) is 4. The van der Waals surface area contributed by atoms with Crippen LogP contribution in [0.5, 0.6) is 5.88 Å². The lowest BCUT2D eigenvalue weighted by molar-refractivity contribution is 0.249. The van der Waals surface area contributed by atoms with Crippen molar-refractivity contribution in [2.75, 3.05) is 12.4 Å². The molecule has 0 saturated heterocycles. The second-order valence-corrected chi connectivity index (χ2v) is 4.16. The maximum absolute atomic E-state index is 11.8. The van der Waals surface area contributed by atoms with Crippen molar-refractivity contribution in [3.8, 4) is 5.88 Å². The van der Waals surface area contributed by atoms with Gasteiger partial charge in [0.2, 0.25) is 5.88 Å². The highest BCUT2D eigenvalue weighted by molar-refractivity contribution is 5.89. The summed E-state index contributed by atoms with van der Waals surface area (Å²) in [5, 5.41) is 5.50. The molecule has 2 amide bonds. The Hall–Kier alpha value is -2.63. The summed E-state index contributed by atoms with van der Waals surface area (Å²) in [6, 6.07) is 8.48. The van der Waals surface area contributed by atoms with E-state index in [4.69, 9.17) is 4.74 Å². The quantitative estimate of drug-likeness (QED) is 0.895. The van der Waals surface area contributed by atoms with Crippen LogP contribution in [-0.4, -0.2) is 23.1 Å². The van der Waals surface area contributed by atoms with Crippen molar-refractivity contribution in [2.24, 2.45) is 0 Å². The minimum atomic E-state index is -0.310. The second kappa shape index (κ2) is 6.51. The summed E-state index contributed by atoms with van der Waals surface area (Å²) in [4.78, 5) is 20.0. The summed E-state index contributed by atoms with van der Waals surface area (Å²) >= 11 is 0. The van der Waals surface area contributed by atoms with E-state index in [-0.39, 0.29) is 12.1 Å². The summed E-state index contributed by atoms with van der Waals surface area (Å²) in [5.41, 5.74) is 1.40. The normalized spacial score (nSPS) is 11.5. The lowest BCUT2D eigenvalue weighted by atomic mass is 10.2. The van der Waals surface area contributed by atoms with Crippen LogP contribution in [0.4, 0.5) is 10.5 Å². The van der Waals surface area contributed by atoms with Crippen molar-refractivity contribution in [3.63, 3.8) is 0 Å². The molecular formula is C14H16N4O2. The third kappa shape index (κ3) is 3.68. The number of carbonyl (C=O) groups is 1. The number of anilines is 1. The molecule has 2 heterocycles. The molecule has 2 aromatic rings. The summed E-state index contributed by atoms with van der Waals surface area (Å²) in [6.07, 6.45) is 3.22. The minimum absolute atomic E-state index is 0.178. The van der Waals surface area contributed by atoms with Gasteiger partial charge in [-0.15, -0.1) is 0 Å². The molecule has 2 rings (SSSR count). The second-order valence-electron chi connectivity index (χ2n) is 4.16. The average Bonchev–Trinajstić information content (AvgIpc) is 2.49. The molecule has 0 aliphatic rings. The van der Waals surface area contributed by atoms with E-state index >= 15 is 0 Å². The number of carbonyl (C=O) groups excluding carboxylic acids is 1. The van der Waals surface area contributed by atoms with E-state index in [9.17, 15) is 4.79 Å². The van der Waals surface area contributed by atoms with Crippen molar-refractivity contribution in [3.05, 3.63) is 48.4 Å². The Kier molecular flexibility index (Phi) is 4.49. The van der Waals surface area contributed by atoms with Crippen molar-refractivity contribution in [2.45, 2.75) is 13.0 Å². The maximum atomic E-state index is 11.8. The number of ether oxygens (including phenoxy) is 1. The van der Waals surface area contributed by atoms with E-state index < -0.39 is 0 Å². The van der Waals surface area contributed by atoms with Gasteiger partial charge in [0.15, 0.2) is 0 Å². The van der Waals surface area contributed by atoms with E-state index in [2.05, 4.69) is 20.6 Å². The fraction of sp³-hybridized carbons (Fsp3) is 0.214. The molecule has 0 saturated carbocycles. The van der Waals surface area contributed by atoms with Crippen molar-refractivity contribution in [1.29, 1.82) is 0 Å². The van der Waals surface area contributed by atoms with E-state index in [0.717, 1.165) is 5.69 Å². The fourth-order valence-corrected chi connectivity index (χ4v) is 1.64. The number of urea groups is 1. The third-order valence-corrected chi connectivity index (χ3v) is 2.68. The zero-order valence-electron chi connectivity index (χ0n) is 11.3. The molecule has 0 radical (unpaired) electrons. The lowest BCUT2D eigenvalue weighted by Crippen LogP contribution is -2.31. The molecule has 2 N–H and O–H groups in total. The van der Waals surface area contributed by atoms with Crippen LogP contribution < -0.4 is 15.4 Å². The molecule has 0 spiro atoms. The van der Waals surface area contributed by atoms with Crippen LogP contribution in [0.2, 0.25) is 0 Å². The largest absolute Gasteiger partial charge is 0.481 e. The summed E-state index contributed by atoms with van der Waals surface area (Å²) in [6.45, 7) is 1.87. The number of pyridine rings is 2. The molecule has 0 fully saturated rings. The molecule has 0 unspecified atom stereocenters. The Morgan fingerprint density at radius 2 is 2.10 bits per heavy atom. The molecule has 6 nitrogen and oxygen atoms in total. The first-order valence-electron chi connectivity index (χ1n) is 6.17. The Bertz CT molecular complexity index is 557. The summed E-state index contributed by atoms with van der Waals surface area (Å²) in [7, 11) is 1.54. The van der Waals surface area contributed by atoms with Gasteiger partial charge in [0.1, 0.15) is 0 Å². The first kappa shape index (κ1) is 13.8. The highest BCUT2D eigenvalue weighted by Gasteiger charge is 2.10. The number of amides is 2. The number of aromatic nitrogens is 2. The molecule has 20 heavy (non-hydrogen) atoms. The molecule has 1 atom stereocenters. The first-order valence-corrected chi connectivity index (χ1v) is 6.17. The van der Waals surface area contributed by atoms with Crippen molar-refractivity contribution in [1.82, 2.24) is 15.3 Å². The van der Waals surface area contributed by atoms with E-state index in [1.807, 2.05) is 25.1 Å². The van der Waals surface area contributed by atoms with Gasteiger partial charge < -0.3 is 15.4 Å². The highest BCUT2D eigenvalue weighted by Crippen LogP contribution is 2.12. The smallest absolute Gasteiger partial charge is 0.319 e. The molecule has 104 valence electrons. The standard InChI is InChI=1S/C14H16N4O2/c1-10(12-5-3-4-8-15-12)17-14(19)18-11-6-7-13(20-2)16-9-11/h3-10H,1-2H3,(H2,17,18,19)/t10-/m0/s1. The van der Waals surface area contributed by atoms with E-state index in [1.54, 1.807) is 18.3 Å². The first-order chi connectivity index (χ1) is 9.69. The van der Waals surface area contributed by atoms with Gasteiger partial charge in [-0.05, 0) is 25.1 Å². The lowest BCUT2D eigenvalue weighted by Gasteiger charge is -2.14. The van der Waals surface area contributed by atoms with Gasteiger partial charge in [-0.25, -0.2) is 9.78 Å². The Balaban J connectivity index is 1.91. The number of hydrogen-bond donors (Lipinski definition) is 2. The van der Waals surface area contributed by atoms with Crippen LogP contribution in [-0.2, 0) is 0 Å². The van der Waals surface area contributed by atoms with E-state index in [0.29, 0.717) is 11.6 Å². The van der Waals surface area contributed by atoms with E-state index in [1.165, 1.54) is 13.3 Å². The Labute approximate surface area is 117 Å². The molecule has 0 aliphatic heterocycles. The average molecular weight is 272 g/mol. The van der Waals surface area contributed by atoms with Gasteiger partial charge in [-0.2, -0.15) is 0 Å². The fourth-order valence-electron chi connectivity index (χ4n) is 1.64. The SMILES string of the molecule is COc1ccc(NC(=O)N[C@@H](C)c2ccccn2)cn1. The van der Waals surface area contributed by atoms with Crippen LogP contribution >= 0.6 is 0 Å². The Morgan fingerprint density at radius 3 is 2.70 bits per heavy atom. The number of rotatable bonds is 4. The van der Waals surface area contributed by atoms with Crippen molar-refractivity contribution < 1.29 is 9.53 Å². The van der Waals surface area contributed by atoms with Gasteiger partial charge in [0, 0.05) is 12.3 Å². The van der Waals surface area contributed by atoms with Crippen molar-refractivity contribution >= 4 is 11.7 Å². The molecule has 0 aromatic carbocycles. The van der Waals surface area contributed by atoms with Gasteiger partial charge in [-0.1, -0.05) is 6.07 Å². The van der Waals surface area contributed by atoms with Crippen LogP contribution in [0.3, 0.4) is 0 Å². The zero-order chi connectivity index (χ0) is 14.4. The predicted octanol–water partition coefficient (Wildman–Crippen LogP) is 2.37. The van der Waals surface area contributed by atoms with Crippen LogP contribution in [0, 0.1) is 0 Å². The number of nitrogens with zero attached hydrogens (tertiary/aromatic N) is 2.